The van der Waals surface area contributed by atoms with Crippen molar-refractivity contribution in [2.45, 2.75) is 50.5 Å². The third-order valence-corrected chi connectivity index (χ3v) is 10.5. The van der Waals surface area contributed by atoms with Crippen molar-refractivity contribution in [2.24, 2.45) is 5.73 Å². The lowest BCUT2D eigenvalue weighted by molar-refractivity contribution is -0.254. The second-order valence-corrected chi connectivity index (χ2v) is 13.9. The lowest BCUT2D eigenvalue weighted by Gasteiger charge is -2.36. The Bertz CT molecular complexity index is 1210. The molecule has 1 aliphatic heterocycles. The Kier molecular flexibility index (Phi) is 12.6. The highest BCUT2D eigenvalue weighted by molar-refractivity contribution is 7.68. The van der Waals surface area contributed by atoms with Gasteiger partial charge in [0, 0.05) is 12.6 Å². The molecule has 7 atom stereocenters. The highest BCUT2D eigenvalue weighted by Crippen LogP contribution is 2.66. The van der Waals surface area contributed by atoms with Crippen LogP contribution >= 0.6 is 31.3 Å². The summed E-state index contributed by atoms with van der Waals surface area (Å²) in [6.45, 7) is -1.13. The first-order valence-electron chi connectivity index (χ1n) is 11.0. The van der Waals surface area contributed by atoms with Crippen LogP contribution < -0.4 is 36.7 Å². The van der Waals surface area contributed by atoms with Crippen LogP contribution in [0.4, 0.5) is 5.82 Å². The first kappa shape index (κ1) is 34.3. The van der Waals surface area contributed by atoms with Crippen molar-refractivity contribution < 1.29 is 69.7 Å². The van der Waals surface area contributed by atoms with E-state index in [0.717, 1.165) is 4.57 Å². The maximum atomic E-state index is 11.9. The lowest BCUT2D eigenvalue weighted by Crippen LogP contribution is -2.29. The number of unbranched alkanes of at least 4 members (excludes halogenated alkanes) is 3. The van der Waals surface area contributed by atoms with Crippen molar-refractivity contribution in [3.8, 4) is 0 Å². The number of anilines is 1. The number of nitrogens with zero attached hydrogens (tertiary/aromatic N) is 2. The van der Waals surface area contributed by atoms with E-state index < -0.39 is 68.6 Å². The van der Waals surface area contributed by atoms with Gasteiger partial charge in [-0.05, 0) is 25.5 Å². The van der Waals surface area contributed by atoms with E-state index in [1.54, 1.807) is 0 Å². The summed E-state index contributed by atoms with van der Waals surface area (Å²) in [4.78, 5) is 62.3. The molecule has 0 radical (unpaired) electrons. The van der Waals surface area contributed by atoms with Gasteiger partial charge in [-0.15, -0.1) is 0 Å². The smallest absolute Gasteiger partial charge is 0.351 e. The van der Waals surface area contributed by atoms with Gasteiger partial charge < -0.3 is 49.9 Å². The second kappa shape index (κ2) is 14.3. The molecule has 1 aromatic heterocycles. The van der Waals surface area contributed by atoms with Crippen molar-refractivity contribution in [2.75, 3.05) is 25.5 Å². The van der Waals surface area contributed by atoms with Gasteiger partial charge in [0.05, 0.1) is 19.3 Å². The number of aliphatic hydroxyl groups excluding tert-OH is 1. The second-order valence-electron chi connectivity index (χ2n) is 7.84. The van der Waals surface area contributed by atoms with Crippen molar-refractivity contribution in [1.29, 1.82) is 0 Å². The molecule has 2 heterocycles. The molecule has 24 heteroatoms. The molecule has 1 saturated heterocycles. The number of hydrogen-bond acceptors (Lipinski definition) is 19. The fraction of sp³-hybridized carbons (Fsp3) is 0.733. The SMILES string of the molecule is NCCCCCCOP(=O)([O-])OP(=O)([O-])OP(=O)([O-])OP(=O)([O-])OC[C@H]1O[C@@H](n2ccc(N)nc2=O)C[C@H]1O. The predicted octanol–water partition coefficient (Wildman–Crippen LogP) is -2.05. The maximum Gasteiger partial charge on any atom is 0.351 e. The Morgan fingerprint density at radius 2 is 1.54 bits per heavy atom. The standard InChI is InChI=1S/C15H30N4O16P4/c16-6-3-1-2-4-8-30-36(22,23)33-38(26,27)35-39(28,29)34-37(24,25)31-10-12-11(20)9-14(32-12)19-7-5-13(17)18-15(19)21/h5,7,11-12,14,20H,1-4,6,8-10,16H2,(H,22,23)(H,24,25)(H,26,27)(H,28,29)(H2,17,18,21)/p-4/t11-,12-,14-/m1/s1. The molecule has 1 fully saturated rings. The van der Waals surface area contributed by atoms with Crippen molar-refractivity contribution in [1.82, 2.24) is 9.55 Å². The molecule has 20 nitrogen and oxygen atoms in total. The molecule has 4 unspecified atom stereocenters. The maximum absolute atomic E-state index is 11.9. The minimum Gasteiger partial charge on any atom is -0.756 e. The molecule has 39 heavy (non-hydrogen) atoms. The first-order valence-corrected chi connectivity index (χ1v) is 16.8. The summed E-state index contributed by atoms with van der Waals surface area (Å²) in [7, 11) is -24.2. The molecule has 0 amide bonds. The average Bonchev–Trinajstić information content (AvgIpc) is 3.12. The zero-order valence-electron chi connectivity index (χ0n) is 20.0. The summed E-state index contributed by atoms with van der Waals surface area (Å²) < 4.78 is 72.4. The number of nitrogens with two attached hydrogens (primary N) is 2. The molecule has 226 valence electrons. The van der Waals surface area contributed by atoms with Crippen LogP contribution in [0.2, 0.25) is 0 Å². The van der Waals surface area contributed by atoms with E-state index in [9.17, 15) is 47.7 Å². The predicted molar refractivity (Wildman–Crippen MR) is 121 cm³/mol. The Hall–Kier alpha value is -0.880. The largest absolute Gasteiger partial charge is 0.756 e. The Morgan fingerprint density at radius 1 is 0.974 bits per heavy atom. The minimum absolute atomic E-state index is 0.0870. The number of aromatic nitrogens is 2. The van der Waals surface area contributed by atoms with Crippen molar-refractivity contribution in [3.05, 3.63) is 22.7 Å². The van der Waals surface area contributed by atoms with Gasteiger partial charge in [0.2, 0.25) is 0 Å². The van der Waals surface area contributed by atoms with Crippen LogP contribution in [0.25, 0.3) is 0 Å². The number of hydrogen-bond donors (Lipinski definition) is 3. The number of phosphoric ester groups is 2. The zero-order chi connectivity index (χ0) is 29.5. The van der Waals surface area contributed by atoms with Gasteiger partial charge in [-0.25, -0.2) is 17.7 Å². The van der Waals surface area contributed by atoms with Gasteiger partial charge in [-0.1, -0.05) is 12.8 Å². The normalized spacial score (nSPS) is 25.8. The van der Waals surface area contributed by atoms with Gasteiger partial charge in [-0.2, -0.15) is 4.98 Å². The Labute approximate surface area is 221 Å². The third kappa shape index (κ3) is 12.3. The van der Waals surface area contributed by atoms with E-state index in [-0.39, 0.29) is 18.7 Å². The van der Waals surface area contributed by atoms with Crippen LogP contribution in [0.15, 0.2) is 17.1 Å². The molecule has 5 N–H and O–H groups in total. The Morgan fingerprint density at radius 3 is 2.13 bits per heavy atom. The summed E-state index contributed by atoms with van der Waals surface area (Å²) >= 11 is 0. The summed E-state index contributed by atoms with van der Waals surface area (Å²) in [5.74, 6) is -0.0870. The summed E-state index contributed by atoms with van der Waals surface area (Å²) in [5, 5.41) is 10.1. The molecule has 0 aromatic carbocycles. The minimum atomic E-state index is -6.36. The zero-order valence-corrected chi connectivity index (χ0v) is 23.5. The lowest BCUT2D eigenvalue weighted by atomic mass is 10.2. The highest BCUT2D eigenvalue weighted by atomic mass is 31.3. The summed E-state index contributed by atoms with van der Waals surface area (Å²) in [5.41, 5.74) is 9.83. The number of ether oxygens (including phenoxy) is 1. The first-order chi connectivity index (χ1) is 17.9. The van der Waals surface area contributed by atoms with Gasteiger partial charge in [0.1, 0.15) is 18.1 Å². The molecule has 2 rings (SSSR count). The van der Waals surface area contributed by atoms with Crippen LogP contribution in [-0.4, -0.2) is 46.6 Å². The fourth-order valence-corrected chi connectivity index (χ4v) is 7.84. The van der Waals surface area contributed by atoms with Gasteiger partial charge in [0.25, 0.3) is 31.3 Å². The monoisotopic (exact) mass is 642 g/mol. The molecule has 0 saturated carbocycles. The quantitative estimate of drug-likeness (QED) is 0.122. The average molecular weight is 642 g/mol. The number of phosphoric acid groups is 4. The number of aliphatic hydroxyl groups is 1. The third-order valence-electron chi connectivity index (χ3n) is 4.71. The van der Waals surface area contributed by atoms with Gasteiger partial charge in [0.15, 0.2) is 0 Å². The topological polar surface area (TPSA) is 323 Å². The molecule has 0 bridgehead atoms. The van der Waals surface area contributed by atoms with E-state index in [2.05, 4.69) is 27.0 Å². The molecule has 0 aliphatic carbocycles. The van der Waals surface area contributed by atoms with Crippen LogP contribution in [0.1, 0.15) is 38.3 Å². The molecule has 0 spiro atoms. The molecule has 1 aromatic rings. The summed E-state index contributed by atoms with van der Waals surface area (Å²) in [6, 6.07) is 1.26. The van der Waals surface area contributed by atoms with E-state index >= 15 is 0 Å². The Balaban J connectivity index is 1.88. The fourth-order valence-electron chi connectivity index (χ4n) is 3.07. The van der Waals surface area contributed by atoms with Crippen LogP contribution in [-0.2, 0) is 45.0 Å². The highest BCUT2D eigenvalue weighted by Gasteiger charge is 2.37. The van der Waals surface area contributed by atoms with Crippen LogP contribution in [0, 0.1) is 0 Å². The number of rotatable bonds is 17. The number of nitrogen functional groups attached to an aromatic ring is 1. The van der Waals surface area contributed by atoms with E-state index in [4.69, 9.17) is 16.2 Å². The van der Waals surface area contributed by atoms with Crippen molar-refractivity contribution in [3.63, 3.8) is 0 Å². The van der Waals surface area contributed by atoms with Gasteiger partial charge in [-0.3, -0.25) is 22.8 Å². The van der Waals surface area contributed by atoms with E-state index in [1.165, 1.54) is 12.3 Å². The van der Waals surface area contributed by atoms with Gasteiger partial charge >= 0.3 is 5.69 Å². The van der Waals surface area contributed by atoms with Crippen LogP contribution in [0.3, 0.4) is 0 Å². The molecular weight excluding hydrogens is 616 g/mol. The molecule has 1 aliphatic rings. The van der Waals surface area contributed by atoms with Crippen molar-refractivity contribution >= 4 is 37.1 Å². The van der Waals surface area contributed by atoms with E-state index in [0.29, 0.717) is 25.8 Å². The van der Waals surface area contributed by atoms with E-state index in [1.807, 2.05) is 0 Å². The summed E-state index contributed by atoms with van der Waals surface area (Å²) in [6.07, 6.45) is -0.993. The molecular formula is C15H26N4O16P4-4. The van der Waals surface area contributed by atoms with Crippen LogP contribution in [0.5, 0.6) is 0 Å².